The largest absolute Gasteiger partial charge is 0.388 e. The average molecular weight is 216 g/mol. The van der Waals surface area contributed by atoms with Crippen molar-refractivity contribution in [1.29, 1.82) is 0 Å². The van der Waals surface area contributed by atoms with Gasteiger partial charge in [-0.3, -0.25) is 4.79 Å². The highest BCUT2D eigenvalue weighted by atomic mass is 16.3. The van der Waals surface area contributed by atoms with Crippen molar-refractivity contribution >= 4 is 5.91 Å². The Kier molecular flexibility index (Phi) is 6.52. The van der Waals surface area contributed by atoms with Crippen LogP contribution in [0.1, 0.15) is 33.6 Å². The van der Waals surface area contributed by atoms with E-state index in [1.807, 2.05) is 7.05 Å². The SMILES string of the molecule is CNCCC(=O)NCC(C)(O)CC(C)C. The Labute approximate surface area is 92.4 Å². The number of hydrogen-bond acceptors (Lipinski definition) is 3. The number of carbonyl (C=O) groups excluding carboxylic acids is 1. The van der Waals surface area contributed by atoms with E-state index >= 15 is 0 Å². The van der Waals surface area contributed by atoms with Crippen molar-refractivity contribution in [3.63, 3.8) is 0 Å². The molecule has 0 aliphatic heterocycles. The first-order valence-electron chi connectivity index (χ1n) is 5.51. The van der Waals surface area contributed by atoms with E-state index in [0.717, 1.165) is 0 Å². The normalized spacial score (nSPS) is 15.1. The van der Waals surface area contributed by atoms with E-state index in [4.69, 9.17) is 0 Å². The zero-order valence-electron chi connectivity index (χ0n) is 10.3. The third kappa shape index (κ3) is 8.39. The van der Waals surface area contributed by atoms with Crippen molar-refractivity contribution in [2.75, 3.05) is 20.1 Å². The molecular weight excluding hydrogens is 192 g/mol. The minimum atomic E-state index is -0.802. The van der Waals surface area contributed by atoms with Gasteiger partial charge in [-0.05, 0) is 26.3 Å². The Morgan fingerprint density at radius 2 is 2.07 bits per heavy atom. The molecule has 90 valence electrons. The molecule has 1 amide bonds. The number of rotatable bonds is 7. The second-order valence-corrected chi connectivity index (χ2v) is 4.73. The van der Waals surface area contributed by atoms with E-state index in [9.17, 15) is 9.90 Å². The fourth-order valence-electron chi connectivity index (χ4n) is 1.57. The number of carbonyl (C=O) groups is 1. The Hall–Kier alpha value is -0.610. The lowest BCUT2D eigenvalue weighted by Gasteiger charge is -2.25. The Morgan fingerprint density at radius 3 is 2.53 bits per heavy atom. The van der Waals surface area contributed by atoms with Crippen LogP contribution >= 0.6 is 0 Å². The minimum Gasteiger partial charge on any atom is -0.388 e. The van der Waals surface area contributed by atoms with Crippen LogP contribution in [0.15, 0.2) is 0 Å². The maximum atomic E-state index is 11.3. The highest BCUT2D eigenvalue weighted by Gasteiger charge is 2.22. The van der Waals surface area contributed by atoms with Gasteiger partial charge < -0.3 is 15.7 Å². The standard InChI is InChI=1S/C11H24N2O2/c1-9(2)7-11(3,15)8-13-10(14)5-6-12-4/h9,12,15H,5-8H2,1-4H3,(H,13,14). The van der Waals surface area contributed by atoms with Gasteiger partial charge in [-0.15, -0.1) is 0 Å². The second-order valence-electron chi connectivity index (χ2n) is 4.73. The van der Waals surface area contributed by atoms with Gasteiger partial charge in [0.05, 0.1) is 5.60 Å². The molecule has 0 rings (SSSR count). The Bertz CT molecular complexity index is 191. The molecule has 0 aliphatic carbocycles. The van der Waals surface area contributed by atoms with Crippen molar-refractivity contribution in [2.24, 2.45) is 5.92 Å². The third-order valence-electron chi connectivity index (χ3n) is 2.12. The van der Waals surface area contributed by atoms with Gasteiger partial charge >= 0.3 is 0 Å². The summed E-state index contributed by atoms with van der Waals surface area (Å²) in [5, 5.41) is 15.6. The molecule has 15 heavy (non-hydrogen) atoms. The zero-order valence-corrected chi connectivity index (χ0v) is 10.3. The molecule has 0 saturated heterocycles. The summed E-state index contributed by atoms with van der Waals surface area (Å²) in [5.74, 6) is 0.405. The van der Waals surface area contributed by atoms with Crippen molar-refractivity contribution in [3.8, 4) is 0 Å². The first-order chi connectivity index (χ1) is 6.87. The molecule has 4 nitrogen and oxygen atoms in total. The number of aliphatic hydroxyl groups is 1. The Balaban J connectivity index is 3.77. The van der Waals surface area contributed by atoms with Gasteiger partial charge in [0.1, 0.15) is 0 Å². The number of amides is 1. The molecule has 0 aliphatic rings. The van der Waals surface area contributed by atoms with Crippen molar-refractivity contribution in [1.82, 2.24) is 10.6 Å². The zero-order chi connectivity index (χ0) is 11.9. The molecule has 1 unspecified atom stereocenters. The van der Waals surface area contributed by atoms with Crippen LogP contribution in [0.3, 0.4) is 0 Å². The van der Waals surface area contributed by atoms with Gasteiger partial charge in [0.25, 0.3) is 0 Å². The van der Waals surface area contributed by atoms with E-state index in [1.54, 1.807) is 6.92 Å². The maximum absolute atomic E-state index is 11.3. The fourth-order valence-corrected chi connectivity index (χ4v) is 1.57. The van der Waals surface area contributed by atoms with Crippen molar-refractivity contribution in [2.45, 2.75) is 39.2 Å². The van der Waals surface area contributed by atoms with Crippen LogP contribution in [0.5, 0.6) is 0 Å². The highest BCUT2D eigenvalue weighted by Crippen LogP contribution is 2.14. The number of hydrogen-bond donors (Lipinski definition) is 3. The summed E-state index contributed by atoms with van der Waals surface area (Å²) in [5.41, 5.74) is -0.802. The summed E-state index contributed by atoms with van der Waals surface area (Å²) < 4.78 is 0. The predicted octanol–water partition coefficient (Wildman–Crippen LogP) is 0.509. The molecule has 3 N–H and O–H groups in total. The Morgan fingerprint density at radius 1 is 1.47 bits per heavy atom. The third-order valence-corrected chi connectivity index (χ3v) is 2.12. The van der Waals surface area contributed by atoms with E-state index in [0.29, 0.717) is 31.8 Å². The lowest BCUT2D eigenvalue weighted by Crippen LogP contribution is -2.42. The fraction of sp³-hybridized carbons (Fsp3) is 0.909. The minimum absolute atomic E-state index is 0.0200. The van der Waals surface area contributed by atoms with Crippen LogP contribution in [0, 0.1) is 5.92 Å². The van der Waals surface area contributed by atoms with E-state index in [-0.39, 0.29) is 5.91 Å². The lowest BCUT2D eigenvalue weighted by molar-refractivity contribution is -0.122. The summed E-state index contributed by atoms with van der Waals surface area (Å²) in [6.45, 7) is 6.85. The molecule has 0 fully saturated rings. The predicted molar refractivity (Wildman–Crippen MR) is 61.6 cm³/mol. The molecule has 0 aromatic rings. The quantitative estimate of drug-likeness (QED) is 0.581. The van der Waals surface area contributed by atoms with Gasteiger partial charge in [0, 0.05) is 19.5 Å². The van der Waals surface area contributed by atoms with Gasteiger partial charge in [-0.1, -0.05) is 13.8 Å². The van der Waals surface area contributed by atoms with Crippen LogP contribution in [-0.2, 0) is 4.79 Å². The molecule has 1 atom stereocenters. The molecular formula is C11H24N2O2. The van der Waals surface area contributed by atoms with Crippen molar-refractivity contribution < 1.29 is 9.90 Å². The molecule has 0 aromatic heterocycles. The molecule has 0 bridgehead atoms. The van der Waals surface area contributed by atoms with Crippen LogP contribution in [-0.4, -0.2) is 36.8 Å². The summed E-state index contributed by atoms with van der Waals surface area (Å²) in [4.78, 5) is 11.3. The highest BCUT2D eigenvalue weighted by molar-refractivity contribution is 5.76. The molecule has 0 saturated carbocycles. The van der Waals surface area contributed by atoms with Crippen molar-refractivity contribution in [3.05, 3.63) is 0 Å². The van der Waals surface area contributed by atoms with E-state index in [2.05, 4.69) is 24.5 Å². The second kappa shape index (κ2) is 6.80. The smallest absolute Gasteiger partial charge is 0.221 e. The summed E-state index contributed by atoms with van der Waals surface area (Å²) in [7, 11) is 1.81. The molecule has 4 heteroatoms. The topological polar surface area (TPSA) is 61.4 Å². The molecule has 0 radical (unpaired) electrons. The summed E-state index contributed by atoms with van der Waals surface area (Å²) >= 11 is 0. The monoisotopic (exact) mass is 216 g/mol. The van der Waals surface area contributed by atoms with Gasteiger partial charge in [0.15, 0.2) is 0 Å². The molecule has 0 heterocycles. The maximum Gasteiger partial charge on any atom is 0.221 e. The lowest BCUT2D eigenvalue weighted by atomic mass is 9.94. The van der Waals surface area contributed by atoms with Crippen LogP contribution in [0.2, 0.25) is 0 Å². The van der Waals surface area contributed by atoms with Gasteiger partial charge in [-0.25, -0.2) is 0 Å². The van der Waals surface area contributed by atoms with Crippen LogP contribution in [0.4, 0.5) is 0 Å². The van der Waals surface area contributed by atoms with Gasteiger partial charge in [-0.2, -0.15) is 0 Å². The number of nitrogens with one attached hydrogen (secondary N) is 2. The molecule has 0 aromatic carbocycles. The summed E-state index contributed by atoms with van der Waals surface area (Å²) in [6.07, 6.45) is 1.15. The van der Waals surface area contributed by atoms with Crippen LogP contribution in [0.25, 0.3) is 0 Å². The van der Waals surface area contributed by atoms with E-state index in [1.165, 1.54) is 0 Å². The van der Waals surface area contributed by atoms with Crippen LogP contribution < -0.4 is 10.6 Å². The summed E-state index contributed by atoms with van der Waals surface area (Å²) in [6, 6.07) is 0. The molecule has 0 spiro atoms. The first kappa shape index (κ1) is 14.4. The average Bonchev–Trinajstić information content (AvgIpc) is 2.09. The first-order valence-corrected chi connectivity index (χ1v) is 5.51. The van der Waals surface area contributed by atoms with E-state index < -0.39 is 5.60 Å². The van der Waals surface area contributed by atoms with Gasteiger partial charge in [0.2, 0.25) is 5.91 Å².